The van der Waals surface area contributed by atoms with Gasteiger partial charge in [-0.1, -0.05) is 32.3 Å². The van der Waals surface area contributed by atoms with Gasteiger partial charge in [0.2, 0.25) is 0 Å². The third kappa shape index (κ3) is 4.06. The van der Waals surface area contributed by atoms with Gasteiger partial charge < -0.3 is 14.7 Å². The first-order valence-electron chi connectivity index (χ1n) is 8.75. The van der Waals surface area contributed by atoms with Gasteiger partial charge in [-0.05, 0) is 44.4 Å². The minimum absolute atomic E-state index is 0.106. The van der Waals surface area contributed by atoms with Crippen molar-refractivity contribution in [2.75, 3.05) is 6.61 Å². The van der Waals surface area contributed by atoms with Gasteiger partial charge in [-0.25, -0.2) is 4.79 Å². The summed E-state index contributed by atoms with van der Waals surface area (Å²) < 4.78 is 5.85. The second-order valence-corrected chi connectivity index (χ2v) is 7.13. The molecule has 23 heavy (non-hydrogen) atoms. The number of rotatable bonds is 5. The van der Waals surface area contributed by atoms with Crippen LogP contribution >= 0.6 is 0 Å². The molecule has 2 atom stereocenters. The third-order valence-electron chi connectivity index (χ3n) is 4.62. The Balaban J connectivity index is 2.29. The molecule has 2 unspecified atom stereocenters. The van der Waals surface area contributed by atoms with Crippen molar-refractivity contribution in [1.82, 2.24) is 0 Å². The van der Waals surface area contributed by atoms with Crippen LogP contribution in [-0.2, 0) is 14.4 Å². The van der Waals surface area contributed by atoms with Crippen molar-refractivity contribution in [2.24, 2.45) is 17.0 Å². The molecule has 2 aliphatic rings. The van der Waals surface area contributed by atoms with Gasteiger partial charge in [-0.15, -0.1) is 0 Å². The summed E-state index contributed by atoms with van der Waals surface area (Å²) in [4.78, 5) is 17.7. The second kappa shape index (κ2) is 7.37. The van der Waals surface area contributed by atoms with E-state index in [9.17, 15) is 9.90 Å². The fourth-order valence-electron chi connectivity index (χ4n) is 4.11. The zero-order valence-electron chi connectivity index (χ0n) is 14.7. The number of carbonyl (C=O) groups is 1. The molecule has 1 aliphatic carbocycles. The summed E-state index contributed by atoms with van der Waals surface area (Å²) in [5, 5.41) is 14.6. The van der Waals surface area contributed by atoms with Gasteiger partial charge in [-0.2, -0.15) is 0 Å². The smallest absolute Gasteiger partial charge is 0.344 e. The van der Waals surface area contributed by atoms with Crippen LogP contribution in [0.1, 0.15) is 66.2 Å². The summed E-state index contributed by atoms with van der Waals surface area (Å²) >= 11 is 0. The highest BCUT2D eigenvalue weighted by Crippen LogP contribution is 2.45. The summed E-state index contributed by atoms with van der Waals surface area (Å²) in [5.74, 6) is 0.637. The van der Waals surface area contributed by atoms with Crippen molar-refractivity contribution in [3.8, 4) is 0 Å². The molecule has 0 amide bonds. The molecule has 1 N–H and O–H groups in total. The summed E-state index contributed by atoms with van der Waals surface area (Å²) in [5.41, 5.74) is 0.144. The van der Waals surface area contributed by atoms with Crippen molar-refractivity contribution in [3.05, 3.63) is 11.3 Å². The van der Waals surface area contributed by atoms with Crippen LogP contribution < -0.4 is 0 Å². The van der Waals surface area contributed by atoms with E-state index in [0.717, 1.165) is 25.7 Å². The van der Waals surface area contributed by atoms with Crippen LogP contribution in [0.25, 0.3) is 0 Å². The SMILES string of the molecule is CCCC(=NOCC)C1=C(O)CC2(CC(C)CC(C)C2)OC1=O. The molecular weight excluding hydrogens is 294 g/mol. The van der Waals surface area contributed by atoms with Gasteiger partial charge in [0.05, 0.1) is 5.71 Å². The van der Waals surface area contributed by atoms with Gasteiger partial charge in [0, 0.05) is 6.42 Å². The maximum Gasteiger partial charge on any atom is 0.344 e. The average molecular weight is 323 g/mol. The van der Waals surface area contributed by atoms with Gasteiger partial charge in [0.25, 0.3) is 0 Å². The summed E-state index contributed by atoms with van der Waals surface area (Å²) in [6.07, 6.45) is 4.54. The molecule has 1 aliphatic heterocycles. The number of hydrogen-bond acceptors (Lipinski definition) is 5. The molecule has 0 bridgehead atoms. The fraction of sp³-hybridized carbons (Fsp3) is 0.778. The van der Waals surface area contributed by atoms with Crippen molar-refractivity contribution in [2.45, 2.75) is 71.8 Å². The van der Waals surface area contributed by atoms with Crippen LogP contribution in [0.5, 0.6) is 0 Å². The van der Waals surface area contributed by atoms with Crippen molar-refractivity contribution in [1.29, 1.82) is 0 Å². The zero-order valence-corrected chi connectivity index (χ0v) is 14.7. The lowest BCUT2D eigenvalue weighted by molar-refractivity contribution is -0.165. The minimum atomic E-state index is -0.551. The molecule has 1 heterocycles. The first-order chi connectivity index (χ1) is 10.9. The van der Waals surface area contributed by atoms with Crippen LogP contribution in [0, 0.1) is 11.8 Å². The molecule has 0 aromatic rings. The molecular formula is C18H29NO4. The molecule has 5 nitrogen and oxygen atoms in total. The Morgan fingerprint density at radius 2 is 2.00 bits per heavy atom. The molecule has 0 aromatic carbocycles. The van der Waals surface area contributed by atoms with E-state index in [1.165, 1.54) is 0 Å². The first kappa shape index (κ1) is 17.8. The highest BCUT2D eigenvalue weighted by Gasteiger charge is 2.47. The minimum Gasteiger partial charge on any atom is -0.511 e. The van der Waals surface area contributed by atoms with Crippen molar-refractivity contribution >= 4 is 11.7 Å². The predicted molar refractivity (Wildman–Crippen MR) is 89.2 cm³/mol. The Morgan fingerprint density at radius 1 is 1.35 bits per heavy atom. The lowest BCUT2D eigenvalue weighted by Crippen LogP contribution is -2.46. The zero-order chi connectivity index (χ0) is 17.0. The predicted octanol–water partition coefficient (Wildman–Crippen LogP) is 4.13. The molecule has 5 heteroatoms. The van der Waals surface area contributed by atoms with Gasteiger partial charge >= 0.3 is 5.97 Å². The topological polar surface area (TPSA) is 68.1 Å². The molecule has 0 radical (unpaired) electrons. The van der Waals surface area contributed by atoms with Gasteiger partial charge in [0.15, 0.2) is 0 Å². The third-order valence-corrected chi connectivity index (χ3v) is 4.62. The number of oxime groups is 1. The van der Waals surface area contributed by atoms with Crippen LogP contribution in [-0.4, -0.2) is 29.0 Å². The maximum absolute atomic E-state index is 12.6. The quantitative estimate of drug-likeness (QED) is 0.469. The molecule has 0 saturated heterocycles. The van der Waals surface area contributed by atoms with E-state index in [1.54, 1.807) is 0 Å². The second-order valence-electron chi connectivity index (χ2n) is 7.13. The highest BCUT2D eigenvalue weighted by molar-refractivity contribution is 6.20. The molecule has 1 saturated carbocycles. The van der Waals surface area contributed by atoms with Crippen molar-refractivity contribution < 1.29 is 19.5 Å². The number of nitrogens with zero attached hydrogens (tertiary/aromatic N) is 1. The average Bonchev–Trinajstić information content (AvgIpc) is 2.42. The normalized spacial score (nSPS) is 32.2. The fourth-order valence-corrected chi connectivity index (χ4v) is 4.11. The van der Waals surface area contributed by atoms with E-state index in [2.05, 4.69) is 19.0 Å². The largest absolute Gasteiger partial charge is 0.511 e. The molecule has 0 aromatic heterocycles. The Labute approximate surface area is 138 Å². The number of aliphatic hydroxyl groups excluding tert-OH is 1. The number of hydrogen-bond donors (Lipinski definition) is 1. The maximum atomic E-state index is 12.6. The van der Waals surface area contributed by atoms with Crippen molar-refractivity contribution in [3.63, 3.8) is 0 Å². The van der Waals surface area contributed by atoms with E-state index in [-0.39, 0.29) is 11.3 Å². The number of ether oxygens (including phenoxy) is 1. The van der Waals surface area contributed by atoms with Crippen LogP contribution in [0.3, 0.4) is 0 Å². The van der Waals surface area contributed by atoms with E-state index < -0.39 is 11.6 Å². The Bertz CT molecular complexity index is 499. The summed E-state index contributed by atoms with van der Waals surface area (Å²) in [7, 11) is 0. The first-order valence-corrected chi connectivity index (χ1v) is 8.75. The molecule has 130 valence electrons. The molecule has 1 fully saturated rings. The number of aliphatic hydroxyl groups is 1. The van der Waals surface area contributed by atoms with E-state index >= 15 is 0 Å². The standard InChI is InChI=1S/C18H29NO4/c1-5-7-14(19-22-6-2)16-15(20)11-18(23-17(16)21)9-12(3)8-13(4)10-18/h12-13,20H,5-11H2,1-4H3. The van der Waals surface area contributed by atoms with Crippen LogP contribution in [0.4, 0.5) is 0 Å². The van der Waals surface area contributed by atoms with Crippen LogP contribution in [0.2, 0.25) is 0 Å². The van der Waals surface area contributed by atoms with Gasteiger partial charge in [0.1, 0.15) is 23.5 Å². The van der Waals surface area contributed by atoms with E-state index in [4.69, 9.17) is 9.57 Å². The molecule has 2 rings (SSSR count). The van der Waals surface area contributed by atoms with Crippen LogP contribution in [0.15, 0.2) is 16.5 Å². The van der Waals surface area contributed by atoms with Gasteiger partial charge in [-0.3, -0.25) is 0 Å². The Morgan fingerprint density at radius 3 is 2.52 bits per heavy atom. The Kier molecular flexibility index (Phi) is 5.71. The van der Waals surface area contributed by atoms with E-state index in [0.29, 0.717) is 37.0 Å². The molecule has 1 spiro atoms. The summed E-state index contributed by atoms with van der Waals surface area (Å²) in [6, 6.07) is 0. The lowest BCUT2D eigenvalue weighted by Gasteiger charge is -2.44. The highest BCUT2D eigenvalue weighted by atomic mass is 16.6. The Hall–Kier alpha value is -1.52. The van der Waals surface area contributed by atoms with E-state index in [1.807, 2.05) is 13.8 Å². The number of esters is 1. The lowest BCUT2D eigenvalue weighted by atomic mass is 9.71. The monoisotopic (exact) mass is 323 g/mol. The summed E-state index contributed by atoms with van der Waals surface area (Å²) in [6.45, 7) is 8.62. The number of carbonyl (C=O) groups excluding carboxylic acids is 1.